The molecule has 1 aromatic carbocycles. The number of benzene rings is 1. The molecule has 1 heterocycles. The average molecular weight is 326 g/mol. The molecule has 1 atom stereocenters. The van der Waals surface area contributed by atoms with E-state index in [2.05, 4.69) is 4.72 Å². The highest BCUT2D eigenvalue weighted by Crippen LogP contribution is 2.22. The zero-order chi connectivity index (χ0) is 15.1. The Balaban J connectivity index is 2.32. The van der Waals surface area contributed by atoms with Crippen LogP contribution in [0.25, 0.3) is 0 Å². The molecule has 20 heavy (non-hydrogen) atoms. The number of nitrogens with two attached hydrogens (primary N) is 1. The number of nitrogen functional groups attached to an aromatic ring is 1. The van der Waals surface area contributed by atoms with Gasteiger partial charge in [-0.3, -0.25) is 0 Å². The zero-order valence-corrected chi connectivity index (χ0v) is 11.8. The Bertz CT molecular complexity index is 747. The highest BCUT2D eigenvalue weighted by Gasteiger charge is 2.33. The van der Waals surface area contributed by atoms with Gasteiger partial charge in [-0.15, -0.1) is 0 Å². The highest BCUT2D eigenvalue weighted by atomic mass is 32.2. The van der Waals surface area contributed by atoms with Gasteiger partial charge in [0.2, 0.25) is 10.0 Å². The van der Waals surface area contributed by atoms with Crippen molar-refractivity contribution in [2.45, 2.75) is 17.4 Å². The van der Waals surface area contributed by atoms with Crippen LogP contribution in [0.5, 0.6) is 0 Å². The van der Waals surface area contributed by atoms with Gasteiger partial charge >= 0.3 is 0 Å². The molecule has 1 aromatic rings. The van der Waals surface area contributed by atoms with Crippen LogP contribution < -0.4 is 10.5 Å². The number of halogens is 2. The second-order valence-corrected chi connectivity index (χ2v) is 8.45. The molecule has 1 aliphatic rings. The molecule has 0 aromatic heterocycles. The fraction of sp³-hybridized carbons (Fsp3) is 0.400. The minimum absolute atomic E-state index is 0.0913. The van der Waals surface area contributed by atoms with Crippen molar-refractivity contribution in [3.05, 3.63) is 23.8 Å². The Hall–Kier alpha value is -1.26. The molecule has 2 rings (SSSR count). The third kappa shape index (κ3) is 3.07. The van der Waals surface area contributed by atoms with E-state index >= 15 is 0 Å². The van der Waals surface area contributed by atoms with E-state index in [1.165, 1.54) is 0 Å². The summed E-state index contributed by atoms with van der Waals surface area (Å²) in [6.07, 6.45) is 0.0913. The number of nitrogens with one attached hydrogen (secondary N) is 1. The second-order valence-electron chi connectivity index (χ2n) is 4.54. The molecule has 1 saturated heterocycles. The van der Waals surface area contributed by atoms with E-state index in [-0.39, 0.29) is 23.6 Å². The lowest BCUT2D eigenvalue weighted by molar-refractivity contribution is 0.482. The molecule has 112 valence electrons. The third-order valence-corrected chi connectivity index (χ3v) is 6.15. The Labute approximate surface area is 114 Å². The number of sulfonamides is 1. The number of rotatable bonds is 3. The van der Waals surface area contributed by atoms with Gasteiger partial charge in [0.25, 0.3) is 0 Å². The maximum absolute atomic E-state index is 13.5. The van der Waals surface area contributed by atoms with E-state index in [1.54, 1.807) is 0 Å². The smallest absolute Gasteiger partial charge is 0.243 e. The number of anilines is 1. The summed E-state index contributed by atoms with van der Waals surface area (Å²) in [5.74, 6) is -3.44. The summed E-state index contributed by atoms with van der Waals surface area (Å²) in [6.45, 7) is 0. The van der Waals surface area contributed by atoms with Crippen molar-refractivity contribution in [3.63, 3.8) is 0 Å². The molecule has 3 N–H and O–H groups in total. The lowest BCUT2D eigenvalue weighted by Gasteiger charge is -2.12. The SMILES string of the molecule is Nc1cc(F)c(F)c(S(=O)(=O)NC2CCS(=O)(=O)C2)c1. The van der Waals surface area contributed by atoms with Gasteiger partial charge in [-0.25, -0.2) is 30.3 Å². The van der Waals surface area contributed by atoms with Gasteiger partial charge in [-0.05, 0) is 18.6 Å². The van der Waals surface area contributed by atoms with Gasteiger partial charge in [0.1, 0.15) is 4.90 Å². The Morgan fingerprint density at radius 3 is 2.50 bits per heavy atom. The molecule has 0 aliphatic carbocycles. The Morgan fingerprint density at radius 2 is 1.95 bits per heavy atom. The fourth-order valence-corrected chi connectivity index (χ4v) is 5.12. The molecular formula is C10H12F2N2O4S2. The van der Waals surface area contributed by atoms with Crippen LogP contribution in [0.4, 0.5) is 14.5 Å². The molecule has 0 saturated carbocycles. The van der Waals surface area contributed by atoms with Crippen molar-refractivity contribution in [1.29, 1.82) is 0 Å². The van der Waals surface area contributed by atoms with Crippen molar-refractivity contribution in [1.82, 2.24) is 4.72 Å². The van der Waals surface area contributed by atoms with Crippen molar-refractivity contribution in [2.75, 3.05) is 17.2 Å². The lowest BCUT2D eigenvalue weighted by Crippen LogP contribution is -2.36. The predicted molar refractivity (Wildman–Crippen MR) is 68.2 cm³/mol. The van der Waals surface area contributed by atoms with Crippen LogP contribution in [-0.2, 0) is 19.9 Å². The monoisotopic (exact) mass is 326 g/mol. The number of hydrogen-bond donors (Lipinski definition) is 2. The number of hydrogen-bond acceptors (Lipinski definition) is 5. The molecule has 0 spiro atoms. The minimum atomic E-state index is -4.38. The maximum atomic E-state index is 13.5. The van der Waals surface area contributed by atoms with Gasteiger partial charge in [0.05, 0.1) is 11.5 Å². The molecular weight excluding hydrogens is 314 g/mol. The van der Waals surface area contributed by atoms with E-state index < -0.39 is 42.4 Å². The summed E-state index contributed by atoms with van der Waals surface area (Å²) >= 11 is 0. The van der Waals surface area contributed by atoms with E-state index in [1.807, 2.05) is 0 Å². The van der Waals surface area contributed by atoms with E-state index in [0.29, 0.717) is 6.07 Å². The first-order valence-corrected chi connectivity index (χ1v) is 8.88. The van der Waals surface area contributed by atoms with Crippen molar-refractivity contribution in [3.8, 4) is 0 Å². The lowest BCUT2D eigenvalue weighted by atomic mass is 10.3. The standard InChI is InChI=1S/C10H12F2N2O4S2/c11-8-3-6(13)4-9(10(8)12)20(17,18)14-7-1-2-19(15,16)5-7/h3-4,7,14H,1-2,5,13H2. The summed E-state index contributed by atoms with van der Waals surface area (Å²) in [4.78, 5) is -0.931. The Morgan fingerprint density at radius 1 is 1.30 bits per heavy atom. The van der Waals surface area contributed by atoms with Crippen LogP contribution in [0.1, 0.15) is 6.42 Å². The quantitative estimate of drug-likeness (QED) is 0.761. The maximum Gasteiger partial charge on any atom is 0.243 e. The average Bonchev–Trinajstić information content (AvgIpc) is 2.62. The molecule has 1 unspecified atom stereocenters. The van der Waals surface area contributed by atoms with Crippen molar-refractivity contribution < 1.29 is 25.6 Å². The van der Waals surface area contributed by atoms with Crippen LogP contribution in [-0.4, -0.2) is 34.4 Å². The molecule has 0 bridgehead atoms. The van der Waals surface area contributed by atoms with Crippen LogP contribution in [0, 0.1) is 11.6 Å². The molecule has 0 amide bonds. The molecule has 6 nitrogen and oxygen atoms in total. The van der Waals surface area contributed by atoms with Gasteiger partial charge in [-0.2, -0.15) is 0 Å². The molecule has 1 fully saturated rings. The van der Waals surface area contributed by atoms with Gasteiger partial charge < -0.3 is 5.73 Å². The van der Waals surface area contributed by atoms with E-state index in [0.717, 1.165) is 6.07 Å². The van der Waals surface area contributed by atoms with Gasteiger partial charge in [0.15, 0.2) is 21.5 Å². The summed E-state index contributed by atoms with van der Waals surface area (Å²) in [6, 6.07) is 0.590. The van der Waals surface area contributed by atoms with E-state index in [4.69, 9.17) is 5.73 Å². The summed E-state index contributed by atoms with van der Waals surface area (Å²) < 4.78 is 75.2. The fourth-order valence-electron chi connectivity index (χ4n) is 1.95. The van der Waals surface area contributed by atoms with Crippen molar-refractivity contribution in [2.24, 2.45) is 0 Å². The first kappa shape index (κ1) is 15.1. The predicted octanol–water partition coefficient (Wildman–Crippen LogP) is 0.0124. The highest BCUT2D eigenvalue weighted by molar-refractivity contribution is 7.92. The third-order valence-electron chi connectivity index (χ3n) is 2.86. The second kappa shape index (κ2) is 4.93. The molecule has 1 aliphatic heterocycles. The van der Waals surface area contributed by atoms with Gasteiger partial charge in [0, 0.05) is 11.7 Å². The first-order chi connectivity index (χ1) is 9.11. The topological polar surface area (TPSA) is 106 Å². The summed E-state index contributed by atoms with van der Waals surface area (Å²) in [7, 11) is -7.67. The first-order valence-electron chi connectivity index (χ1n) is 5.58. The van der Waals surface area contributed by atoms with Crippen LogP contribution in [0.3, 0.4) is 0 Å². The summed E-state index contributed by atoms with van der Waals surface area (Å²) in [5.41, 5.74) is 5.03. The van der Waals surface area contributed by atoms with E-state index in [9.17, 15) is 25.6 Å². The largest absolute Gasteiger partial charge is 0.399 e. The van der Waals surface area contributed by atoms with Crippen molar-refractivity contribution >= 4 is 25.5 Å². The normalized spacial score (nSPS) is 22.0. The summed E-state index contributed by atoms with van der Waals surface area (Å²) in [5, 5.41) is 0. The van der Waals surface area contributed by atoms with Crippen LogP contribution >= 0.6 is 0 Å². The van der Waals surface area contributed by atoms with Crippen LogP contribution in [0.2, 0.25) is 0 Å². The minimum Gasteiger partial charge on any atom is -0.399 e. The van der Waals surface area contributed by atoms with Crippen LogP contribution in [0.15, 0.2) is 17.0 Å². The number of sulfone groups is 1. The molecule has 10 heteroatoms. The molecule has 0 radical (unpaired) electrons. The Kier molecular flexibility index (Phi) is 3.73. The van der Waals surface area contributed by atoms with Gasteiger partial charge in [-0.1, -0.05) is 0 Å². The zero-order valence-electron chi connectivity index (χ0n) is 10.1.